The van der Waals surface area contributed by atoms with Crippen LogP contribution in [0.3, 0.4) is 0 Å². The summed E-state index contributed by atoms with van der Waals surface area (Å²) < 4.78 is 26.4. The zero-order chi connectivity index (χ0) is 14.0. The molecule has 0 aliphatic carbocycles. The summed E-state index contributed by atoms with van der Waals surface area (Å²) >= 11 is 11.7. The Morgan fingerprint density at radius 1 is 1.21 bits per heavy atom. The van der Waals surface area contributed by atoms with E-state index in [4.69, 9.17) is 28.9 Å². The maximum atomic E-state index is 12.4. The van der Waals surface area contributed by atoms with E-state index < -0.39 is 10.0 Å². The van der Waals surface area contributed by atoms with Crippen LogP contribution in [0.1, 0.15) is 12.8 Å². The highest BCUT2D eigenvalue weighted by molar-refractivity contribution is 7.89. The molecule has 0 atom stereocenters. The summed E-state index contributed by atoms with van der Waals surface area (Å²) in [5.41, 5.74) is 5.61. The van der Waals surface area contributed by atoms with Crippen molar-refractivity contribution >= 4 is 33.2 Å². The van der Waals surface area contributed by atoms with Gasteiger partial charge >= 0.3 is 0 Å². The van der Waals surface area contributed by atoms with Gasteiger partial charge < -0.3 is 5.73 Å². The Kier molecular flexibility index (Phi) is 4.74. The van der Waals surface area contributed by atoms with Gasteiger partial charge in [0.1, 0.15) is 0 Å². The molecule has 0 bridgehead atoms. The predicted molar refractivity (Wildman–Crippen MR) is 77.0 cm³/mol. The van der Waals surface area contributed by atoms with E-state index in [1.54, 1.807) is 0 Å². The lowest BCUT2D eigenvalue weighted by Gasteiger charge is -2.30. The first-order valence-corrected chi connectivity index (χ1v) is 8.30. The largest absolute Gasteiger partial charge is 0.330 e. The molecule has 7 heteroatoms. The third-order valence-corrected chi connectivity index (χ3v) is 6.07. The molecule has 0 aromatic heterocycles. The first-order valence-electron chi connectivity index (χ1n) is 6.10. The van der Waals surface area contributed by atoms with Gasteiger partial charge in [0, 0.05) is 13.1 Å². The van der Waals surface area contributed by atoms with Crippen molar-refractivity contribution < 1.29 is 8.42 Å². The van der Waals surface area contributed by atoms with Crippen molar-refractivity contribution in [1.29, 1.82) is 0 Å². The van der Waals surface area contributed by atoms with Gasteiger partial charge in [-0.1, -0.05) is 23.2 Å². The molecule has 0 radical (unpaired) electrons. The third-order valence-electron chi connectivity index (χ3n) is 3.44. The molecule has 2 N–H and O–H groups in total. The number of benzene rings is 1. The fourth-order valence-corrected chi connectivity index (χ4v) is 4.03. The van der Waals surface area contributed by atoms with E-state index in [0.29, 0.717) is 30.6 Å². The lowest BCUT2D eigenvalue weighted by atomic mass is 9.99. The topological polar surface area (TPSA) is 63.4 Å². The van der Waals surface area contributed by atoms with Crippen LogP contribution in [0.25, 0.3) is 0 Å². The lowest BCUT2D eigenvalue weighted by Crippen LogP contribution is -2.40. The molecule has 0 amide bonds. The van der Waals surface area contributed by atoms with Crippen molar-refractivity contribution in [3.63, 3.8) is 0 Å². The number of piperidine rings is 1. The van der Waals surface area contributed by atoms with Gasteiger partial charge in [0.15, 0.2) is 0 Å². The van der Waals surface area contributed by atoms with Gasteiger partial charge in [-0.3, -0.25) is 0 Å². The van der Waals surface area contributed by atoms with E-state index in [1.165, 1.54) is 22.5 Å². The van der Waals surface area contributed by atoms with Crippen LogP contribution in [0.5, 0.6) is 0 Å². The average molecular weight is 323 g/mol. The Labute approximate surface area is 123 Å². The van der Waals surface area contributed by atoms with Crippen molar-refractivity contribution in [1.82, 2.24) is 4.31 Å². The van der Waals surface area contributed by atoms with Crippen LogP contribution in [0.15, 0.2) is 23.1 Å². The van der Waals surface area contributed by atoms with Crippen LogP contribution in [0.4, 0.5) is 0 Å². The van der Waals surface area contributed by atoms with Crippen LogP contribution in [-0.2, 0) is 10.0 Å². The van der Waals surface area contributed by atoms with Gasteiger partial charge in [-0.15, -0.1) is 0 Å². The minimum absolute atomic E-state index is 0.188. The minimum Gasteiger partial charge on any atom is -0.330 e. The molecular formula is C12H16Cl2N2O2S. The van der Waals surface area contributed by atoms with E-state index in [-0.39, 0.29) is 9.92 Å². The second-order valence-corrected chi connectivity index (χ2v) is 7.41. The SMILES string of the molecule is NCC1CCN(S(=O)(=O)c2ccc(Cl)c(Cl)c2)CC1. The summed E-state index contributed by atoms with van der Waals surface area (Å²) in [5, 5.41) is 0.599. The van der Waals surface area contributed by atoms with Crippen LogP contribution in [0, 0.1) is 5.92 Å². The molecule has 0 saturated carbocycles. The van der Waals surface area contributed by atoms with Crippen LogP contribution in [0.2, 0.25) is 10.0 Å². The smallest absolute Gasteiger partial charge is 0.243 e. The molecule has 4 nitrogen and oxygen atoms in total. The number of rotatable bonds is 3. The van der Waals surface area contributed by atoms with Crippen molar-refractivity contribution in [2.75, 3.05) is 19.6 Å². The molecule has 106 valence electrons. The second-order valence-electron chi connectivity index (χ2n) is 4.66. The van der Waals surface area contributed by atoms with Crippen molar-refractivity contribution in [3.8, 4) is 0 Å². The van der Waals surface area contributed by atoms with E-state index in [0.717, 1.165) is 12.8 Å². The van der Waals surface area contributed by atoms with E-state index in [1.807, 2.05) is 0 Å². The Morgan fingerprint density at radius 3 is 2.37 bits per heavy atom. The molecule has 1 saturated heterocycles. The number of hydrogen-bond acceptors (Lipinski definition) is 3. The van der Waals surface area contributed by atoms with Crippen LogP contribution < -0.4 is 5.73 Å². The molecule has 1 aromatic carbocycles. The average Bonchev–Trinajstić information content (AvgIpc) is 2.41. The molecule has 1 fully saturated rings. The van der Waals surface area contributed by atoms with Crippen LogP contribution in [-0.4, -0.2) is 32.4 Å². The van der Waals surface area contributed by atoms with Crippen molar-refractivity contribution in [2.45, 2.75) is 17.7 Å². The van der Waals surface area contributed by atoms with E-state index in [2.05, 4.69) is 0 Å². The van der Waals surface area contributed by atoms with Crippen molar-refractivity contribution in [2.24, 2.45) is 11.7 Å². The number of nitrogens with two attached hydrogens (primary N) is 1. The fourth-order valence-electron chi connectivity index (χ4n) is 2.17. The maximum absolute atomic E-state index is 12.4. The second kappa shape index (κ2) is 5.97. The zero-order valence-corrected chi connectivity index (χ0v) is 12.7. The highest BCUT2D eigenvalue weighted by atomic mass is 35.5. The van der Waals surface area contributed by atoms with Gasteiger partial charge in [0.05, 0.1) is 14.9 Å². The summed E-state index contributed by atoms with van der Waals surface area (Å²) in [6.07, 6.45) is 1.61. The lowest BCUT2D eigenvalue weighted by molar-refractivity contribution is 0.278. The quantitative estimate of drug-likeness (QED) is 0.929. The fraction of sp³-hybridized carbons (Fsp3) is 0.500. The Balaban J connectivity index is 2.21. The van der Waals surface area contributed by atoms with Gasteiger partial charge in [0.25, 0.3) is 0 Å². The van der Waals surface area contributed by atoms with Gasteiger partial charge in [-0.2, -0.15) is 4.31 Å². The molecule has 0 unspecified atom stereocenters. The molecule has 1 aliphatic heterocycles. The Morgan fingerprint density at radius 2 is 1.84 bits per heavy atom. The number of hydrogen-bond donors (Lipinski definition) is 1. The summed E-state index contributed by atoms with van der Waals surface area (Å²) in [4.78, 5) is 0.188. The van der Waals surface area contributed by atoms with E-state index >= 15 is 0 Å². The van der Waals surface area contributed by atoms with Crippen LogP contribution >= 0.6 is 23.2 Å². The first-order chi connectivity index (χ1) is 8.95. The number of halogens is 2. The standard InChI is InChI=1S/C12H16Cl2N2O2S/c13-11-2-1-10(7-12(11)14)19(17,18)16-5-3-9(8-15)4-6-16/h1-2,7,9H,3-6,8,15H2. The number of nitrogens with zero attached hydrogens (tertiary/aromatic N) is 1. The predicted octanol–water partition coefficient (Wildman–Crippen LogP) is 2.35. The van der Waals surface area contributed by atoms with Gasteiger partial charge in [-0.05, 0) is 43.5 Å². The Hall–Kier alpha value is -0.330. The molecule has 1 aromatic rings. The van der Waals surface area contributed by atoms with Gasteiger partial charge in [-0.25, -0.2) is 8.42 Å². The Bertz CT molecular complexity index is 555. The maximum Gasteiger partial charge on any atom is 0.243 e. The van der Waals surface area contributed by atoms with Gasteiger partial charge in [0.2, 0.25) is 10.0 Å². The summed E-state index contributed by atoms with van der Waals surface area (Å²) in [7, 11) is -3.48. The summed E-state index contributed by atoms with van der Waals surface area (Å²) in [6.45, 7) is 1.62. The van der Waals surface area contributed by atoms with E-state index in [9.17, 15) is 8.42 Å². The zero-order valence-electron chi connectivity index (χ0n) is 10.4. The molecule has 1 heterocycles. The first kappa shape index (κ1) is 15.1. The summed E-state index contributed by atoms with van der Waals surface area (Å²) in [5.74, 6) is 0.417. The van der Waals surface area contributed by atoms with Crippen molar-refractivity contribution in [3.05, 3.63) is 28.2 Å². The molecular weight excluding hydrogens is 307 g/mol. The third kappa shape index (κ3) is 3.23. The molecule has 1 aliphatic rings. The minimum atomic E-state index is -3.48. The highest BCUT2D eigenvalue weighted by Crippen LogP contribution is 2.28. The molecule has 0 spiro atoms. The molecule has 19 heavy (non-hydrogen) atoms. The molecule has 2 rings (SSSR count). The summed E-state index contributed by atoms with van der Waals surface area (Å²) in [6, 6.07) is 4.39. The number of sulfonamides is 1. The monoisotopic (exact) mass is 322 g/mol. The highest BCUT2D eigenvalue weighted by Gasteiger charge is 2.29. The normalized spacial score (nSPS) is 18.7.